The van der Waals surface area contributed by atoms with Crippen LogP contribution in [0.15, 0.2) is 22.8 Å². The zero-order valence-corrected chi connectivity index (χ0v) is 14.9. The molecule has 2 rings (SSSR count). The third-order valence-electron chi connectivity index (χ3n) is 4.67. The second-order valence-corrected chi connectivity index (χ2v) is 7.58. The maximum Gasteiger partial charge on any atom is 0.321 e. The van der Waals surface area contributed by atoms with Gasteiger partial charge < -0.3 is 9.73 Å². The number of rotatable bonds is 4. The highest BCUT2D eigenvalue weighted by Gasteiger charge is 2.27. The zero-order valence-electron chi connectivity index (χ0n) is 14.9. The molecule has 0 aliphatic carbocycles. The minimum Gasteiger partial charge on any atom is -0.467 e. The van der Waals surface area contributed by atoms with Crippen LogP contribution in [0.4, 0.5) is 4.79 Å². The summed E-state index contributed by atoms with van der Waals surface area (Å²) >= 11 is 0. The van der Waals surface area contributed by atoms with Crippen molar-refractivity contribution in [3.8, 4) is 0 Å². The highest BCUT2D eigenvalue weighted by Crippen LogP contribution is 2.34. The van der Waals surface area contributed by atoms with E-state index >= 15 is 0 Å². The molecule has 1 atom stereocenters. The van der Waals surface area contributed by atoms with E-state index < -0.39 is 6.03 Å². The normalized spacial score (nSPS) is 19.5. The van der Waals surface area contributed by atoms with Crippen LogP contribution in [0.25, 0.3) is 0 Å². The van der Waals surface area contributed by atoms with E-state index in [0.717, 1.165) is 25.9 Å². The summed E-state index contributed by atoms with van der Waals surface area (Å²) in [6.07, 6.45) is 4.94. The lowest BCUT2D eigenvalue weighted by molar-refractivity contribution is -0.121. The number of amides is 3. The quantitative estimate of drug-likeness (QED) is 0.887. The molecular weight excluding hydrogens is 306 g/mol. The molecule has 2 heterocycles. The monoisotopic (exact) mass is 335 g/mol. The summed E-state index contributed by atoms with van der Waals surface area (Å²) in [6, 6.07) is 3.04. The van der Waals surface area contributed by atoms with E-state index in [1.54, 1.807) is 18.4 Å². The number of nitrogens with zero attached hydrogens (tertiary/aromatic N) is 1. The molecule has 1 saturated heterocycles. The Bertz CT molecular complexity index is 534. The number of carbonyl (C=O) groups is 2. The molecule has 2 N–H and O–H groups in total. The maximum absolute atomic E-state index is 12.0. The van der Waals surface area contributed by atoms with Crippen LogP contribution in [0.5, 0.6) is 0 Å². The average Bonchev–Trinajstić information content (AvgIpc) is 2.89. The smallest absolute Gasteiger partial charge is 0.321 e. The molecular formula is C18H29N3O3. The Morgan fingerprint density at radius 2 is 2.08 bits per heavy atom. The van der Waals surface area contributed by atoms with Gasteiger partial charge in [0.05, 0.1) is 19.4 Å². The zero-order chi connectivity index (χ0) is 17.6. The van der Waals surface area contributed by atoms with Gasteiger partial charge in [0.15, 0.2) is 0 Å². The first-order valence-electron chi connectivity index (χ1n) is 8.67. The minimum atomic E-state index is -0.487. The molecule has 134 valence electrons. The minimum absolute atomic E-state index is 0.263. The summed E-state index contributed by atoms with van der Waals surface area (Å²) in [4.78, 5) is 25.9. The highest BCUT2D eigenvalue weighted by atomic mass is 16.3. The van der Waals surface area contributed by atoms with Crippen molar-refractivity contribution in [3.63, 3.8) is 0 Å². The lowest BCUT2D eigenvalue weighted by atomic mass is 9.77. The number of furan rings is 1. The Hall–Kier alpha value is -1.82. The maximum atomic E-state index is 12.0. The molecule has 24 heavy (non-hydrogen) atoms. The summed E-state index contributed by atoms with van der Waals surface area (Å²) in [5.74, 6) is 1.07. The van der Waals surface area contributed by atoms with Crippen molar-refractivity contribution in [2.24, 2.45) is 11.3 Å². The number of imide groups is 1. The van der Waals surface area contributed by atoms with Crippen molar-refractivity contribution in [1.82, 2.24) is 15.5 Å². The van der Waals surface area contributed by atoms with E-state index in [4.69, 9.17) is 4.42 Å². The van der Waals surface area contributed by atoms with Gasteiger partial charge in [-0.25, -0.2) is 4.79 Å². The van der Waals surface area contributed by atoms with Crippen LogP contribution in [0.3, 0.4) is 0 Å². The predicted molar refractivity (Wildman–Crippen MR) is 92.3 cm³/mol. The summed E-state index contributed by atoms with van der Waals surface area (Å²) in [7, 11) is 0. The van der Waals surface area contributed by atoms with E-state index in [1.807, 2.05) is 0 Å². The first-order valence-corrected chi connectivity index (χ1v) is 8.67. The molecule has 0 spiro atoms. The molecule has 0 radical (unpaired) electrons. The van der Waals surface area contributed by atoms with Crippen molar-refractivity contribution in [2.75, 3.05) is 19.6 Å². The van der Waals surface area contributed by atoms with Crippen LogP contribution in [0.2, 0.25) is 0 Å². The highest BCUT2D eigenvalue weighted by molar-refractivity contribution is 5.95. The molecule has 1 fully saturated rings. The third-order valence-corrected chi connectivity index (χ3v) is 4.67. The number of urea groups is 1. The van der Waals surface area contributed by atoms with Crippen LogP contribution in [-0.2, 0) is 11.3 Å². The van der Waals surface area contributed by atoms with Crippen LogP contribution in [0.1, 0.15) is 45.8 Å². The molecule has 1 aliphatic heterocycles. The standard InChI is InChI=1S/C18H29N3O3/c1-18(2,3)14-6-4-9-21(10-8-14)13-16(22)20-17(23)19-12-15-7-5-11-24-15/h5,7,11,14H,4,6,8-10,12-13H2,1-3H3,(H2,19,20,22,23). The summed E-state index contributed by atoms with van der Waals surface area (Å²) in [5.41, 5.74) is 0.310. The Morgan fingerprint density at radius 3 is 2.75 bits per heavy atom. The second-order valence-electron chi connectivity index (χ2n) is 7.58. The fourth-order valence-corrected chi connectivity index (χ4v) is 3.17. The Labute approximate surface area is 144 Å². The number of hydrogen-bond acceptors (Lipinski definition) is 4. The van der Waals surface area contributed by atoms with Crippen molar-refractivity contribution in [2.45, 2.75) is 46.6 Å². The average molecular weight is 335 g/mol. The Kier molecular flexibility index (Phi) is 6.43. The largest absolute Gasteiger partial charge is 0.467 e. The van der Waals surface area contributed by atoms with E-state index in [1.165, 1.54) is 6.42 Å². The Balaban J connectivity index is 1.70. The van der Waals surface area contributed by atoms with Crippen LogP contribution >= 0.6 is 0 Å². The van der Waals surface area contributed by atoms with Gasteiger partial charge in [0, 0.05) is 0 Å². The fourth-order valence-electron chi connectivity index (χ4n) is 3.17. The summed E-state index contributed by atoms with van der Waals surface area (Å²) in [5, 5.41) is 4.99. The topological polar surface area (TPSA) is 74.6 Å². The molecule has 1 unspecified atom stereocenters. The number of hydrogen-bond donors (Lipinski definition) is 2. The van der Waals surface area contributed by atoms with Crippen LogP contribution in [-0.4, -0.2) is 36.5 Å². The lowest BCUT2D eigenvalue weighted by Gasteiger charge is -2.29. The molecule has 6 heteroatoms. The molecule has 1 aliphatic rings. The van der Waals surface area contributed by atoms with Gasteiger partial charge in [0.25, 0.3) is 0 Å². The lowest BCUT2D eigenvalue weighted by Crippen LogP contribution is -2.44. The van der Waals surface area contributed by atoms with Gasteiger partial charge >= 0.3 is 6.03 Å². The summed E-state index contributed by atoms with van der Waals surface area (Å²) < 4.78 is 5.13. The predicted octanol–water partition coefficient (Wildman–Crippen LogP) is 2.75. The molecule has 1 aromatic heterocycles. The van der Waals surface area contributed by atoms with Gasteiger partial charge in [-0.2, -0.15) is 0 Å². The molecule has 0 bridgehead atoms. The molecule has 1 aromatic rings. The van der Waals surface area contributed by atoms with Gasteiger partial charge in [-0.1, -0.05) is 20.8 Å². The number of nitrogens with one attached hydrogen (secondary N) is 2. The van der Waals surface area contributed by atoms with Crippen LogP contribution in [0, 0.1) is 11.3 Å². The molecule has 0 aromatic carbocycles. The van der Waals surface area contributed by atoms with E-state index in [0.29, 0.717) is 17.1 Å². The molecule has 3 amide bonds. The fraction of sp³-hybridized carbons (Fsp3) is 0.667. The van der Waals surface area contributed by atoms with Crippen molar-refractivity contribution >= 4 is 11.9 Å². The van der Waals surface area contributed by atoms with Gasteiger partial charge in [0.1, 0.15) is 5.76 Å². The van der Waals surface area contributed by atoms with Crippen molar-refractivity contribution in [1.29, 1.82) is 0 Å². The van der Waals surface area contributed by atoms with Gasteiger partial charge in [-0.3, -0.25) is 15.0 Å². The first kappa shape index (κ1) is 18.5. The van der Waals surface area contributed by atoms with Crippen LogP contribution < -0.4 is 10.6 Å². The van der Waals surface area contributed by atoms with Crippen molar-refractivity contribution in [3.05, 3.63) is 24.2 Å². The second kappa shape index (κ2) is 8.33. The Morgan fingerprint density at radius 1 is 1.29 bits per heavy atom. The summed E-state index contributed by atoms with van der Waals surface area (Å²) in [6.45, 7) is 9.20. The first-order chi connectivity index (χ1) is 11.3. The van der Waals surface area contributed by atoms with Gasteiger partial charge in [-0.15, -0.1) is 0 Å². The number of carbonyl (C=O) groups excluding carboxylic acids is 2. The SMILES string of the molecule is CC(C)(C)C1CCCN(CC(=O)NC(=O)NCc2ccco2)CC1. The van der Waals surface area contributed by atoms with E-state index in [-0.39, 0.29) is 19.0 Å². The van der Waals surface area contributed by atoms with Crippen molar-refractivity contribution < 1.29 is 14.0 Å². The van der Waals surface area contributed by atoms with E-state index in [9.17, 15) is 9.59 Å². The molecule has 0 saturated carbocycles. The number of likely N-dealkylation sites (tertiary alicyclic amines) is 1. The van der Waals surface area contributed by atoms with Gasteiger partial charge in [0.2, 0.25) is 5.91 Å². The third kappa shape index (κ3) is 6.00. The van der Waals surface area contributed by atoms with Gasteiger partial charge in [-0.05, 0) is 55.8 Å². The van der Waals surface area contributed by atoms with E-state index in [2.05, 4.69) is 36.3 Å². The molecule has 6 nitrogen and oxygen atoms in total.